The lowest BCUT2D eigenvalue weighted by Gasteiger charge is -2.40. The number of carboxylic acids is 1. The van der Waals surface area contributed by atoms with Crippen molar-refractivity contribution in [3.63, 3.8) is 0 Å². The van der Waals surface area contributed by atoms with E-state index < -0.39 is 5.97 Å². The van der Waals surface area contributed by atoms with Crippen LogP contribution in [0.25, 0.3) is 11.3 Å². The van der Waals surface area contributed by atoms with Crippen LogP contribution in [0.1, 0.15) is 29.6 Å². The van der Waals surface area contributed by atoms with E-state index >= 15 is 0 Å². The molecule has 7 heteroatoms. The lowest BCUT2D eigenvalue weighted by Crippen LogP contribution is -2.45. The molecule has 2 aromatic rings. The largest absolute Gasteiger partial charge is 0.477 e. The lowest BCUT2D eigenvalue weighted by atomic mass is 9.79. The summed E-state index contributed by atoms with van der Waals surface area (Å²) < 4.78 is 5.46. The van der Waals surface area contributed by atoms with Crippen LogP contribution in [0.15, 0.2) is 28.8 Å². The number of carbonyl (C=O) groups is 1. The van der Waals surface area contributed by atoms with Gasteiger partial charge >= 0.3 is 5.97 Å². The molecule has 1 spiro atoms. The highest BCUT2D eigenvalue weighted by Gasteiger charge is 2.40. The Labute approximate surface area is 150 Å². The van der Waals surface area contributed by atoms with E-state index in [1.54, 1.807) is 24.3 Å². The third-order valence-corrected chi connectivity index (χ3v) is 5.54. The third kappa shape index (κ3) is 3.00. The molecule has 0 saturated carbocycles. The Bertz CT molecular complexity index is 781. The first-order chi connectivity index (χ1) is 12.1. The second kappa shape index (κ2) is 6.35. The fourth-order valence-corrected chi connectivity index (χ4v) is 4.15. The van der Waals surface area contributed by atoms with Crippen LogP contribution in [-0.2, 0) is 0 Å². The zero-order valence-electron chi connectivity index (χ0n) is 13.8. The van der Waals surface area contributed by atoms with Crippen LogP contribution in [0.5, 0.6) is 0 Å². The van der Waals surface area contributed by atoms with Crippen LogP contribution in [0, 0.1) is 5.41 Å². The summed E-state index contributed by atoms with van der Waals surface area (Å²) in [4.78, 5) is 14.0. The van der Waals surface area contributed by atoms with E-state index in [1.807, 2.05) is 0 Å². The maximum atomic E-state index is 11.9. The van der Waals surface area contributed by atoms with Crippen molar-refractivity contribution in [3.05, 3.63) is 34.9 Å². The summed E-state index contributed by atoms with van der Waals surface area (Å²) in [5.41, 5.74) is 1.01. The molecule has 0 amide bonds. The summed E-state index contributed by atoms with van der Waals surface area (Å²) >= 11 is 5.92. The SMILES string of the molecule is O=C(O)c1c(N2CCCC3(CCNC3)C2)noc1-c1ccc(Cl)cc1. The molecule has 132 valence electrons. The van der Waals surface area contributed by atoms with Gasteiger partial charge in [-0.3, -0.25) is 0 Å². The molecule has 6 nitrogen and oxygen atoms in total. The van der Waals surface area contributed by atoms with Gasteiger partial charge < -0.3 is 19.8 Å². The number of aromatic carboxylic acids is 1. The minimum Gasteiger partial charge on any atom is -0.477 e. The van der Waals surface area contributed by atoms with Crippen LogP contribution < -0.4 is 10.2 Å². The van der Waals surface area contributed by atoms with E-state index in [2.05, 4.69) is 15.4 Å². The second-order valence-corrected chi connectivity index (χ2v) is 7.41. The number of hydrogen-bond acceptors (Lipinski definition) is 5. The molecule has 0 radical (unpaired) electrons. The summed E-state index contributed by atoms with van der Waals surface area (Å²) in [6, 6.07) is 6.92. The van der Waals surface area contributed by atoms with Gasteiger partial charge in [0.1, 0.15) is 0 Å². The standard InChI is InChI=1S/C18H20ClN3O3/c19-13-4-2-12(3-5-13)15-14(17(23)24)16(21-25-15)22-9-1-6-18(11-22)7-8-20-10-18/h2-5,20H,1,6-11H2,(H,23,24). The summed E-state index contributed by atoms with van der Waals surface area (Å²) in [5, 5.41) is 17.9. The van der Waals surface area contributed by atoms with Crippen molar-refractivity contribution >= 4 is 23.4 Å². The Morgan fingerprint density at radius 1 is 1.32 bits per heavy atom. The van der Waals surface area contributed by atoms with Gasteiger partial charge in [-0.2, -0.15) is 0 Å². The predicted octanol–water partition coefficient (Wildman–Crippen LogP) is 3.27. The molecular formula is C18H20ClN3O3. The molecule has 1 unspecified atom stereocenters. The van der Waals surface area contributed by atoms with E-state index in [0.29, 0.717) is 16.4 Å². The van der Waals surface area contributed by atoms with Gasteiger partial charge in [0, 0.05) is 35.6 Å². The Hall–Kier alpha value is -2.05. The van der Waals surface area contributed by atoms with Gasteiger partial charge in [0.05, 0.1) is 0 Å². The number of halogens is 1. The lowest BCUT2D eigenvalue weighted by molar-refractivity contribution is 0.0697. The van der Waals surface area contributed by atoms with Crippen molar-refractivity contribution in [2.75, 3.05) is 31.1 Å². The fourth-order valence-electron chi connectivity index (χ4n) is 4.02. The number of anilines is 1. The fraction of sp³-hybridized carbons (Fsp3) is 0.444. The Morgan fingerprint density at radius 2 is 2.12 bits per heavy atom. The minimum absolute atomic E-state index is 0.130. The van der Waals surface area contributed by atoms with Crippen molar-refractivity contribution < 1.29 is 14.4 Å². The summed E-state index contributed by atoms with van der Waals surface area (Å²) in [6.45, 7) is 3.61. The highest BCUT2D eigenvalue weighted by Crippen LogP contribution is 2.39. The quantitative estimate of drug-likeness (QED) is 0.873. The van der Waals surface area contributed by atoms with Crippen LogP contribution >= 0.6 is 11.6 Å². The van der Waals surface area contributed by atoms with Crippen LogP contribution in [0.3, 0.4) is 0 Å². The van der Waals surface area contributed by atoms with Gasteiger partial charge in [0.2, 0.25) is 0 Å². The number of nitrogens with zero attached hydrogens (tertiary/aromatic N) is 2. The average Bonchev–Trinajstić information content (AvgIpc) is 3.23. The molecule has 0 aliphatic carbocycles. The maximum absolute atomic E-state index is 11.9. The van der Waals surface area contributed by atoms with Crippen molar-refractivity contribution in [2.24, 2.45) is 5.41 Å². The van der Waals surface area contributed by atoms with Crippen molar-refractivity contribution in [3.8, 4) is 11.3 Å². The number of piperidine rings is 1. The molecule has 1 aromatic heterocycles. The number of rotatable bonds is 3. The monoisotopic (exact) mass is 361 g/mol. The number of carboxylic acid groups (broad SMARTS) is 1. The highest BCUT2D eigenvalue weighted by atomic mass is 35.5. The summed E-state index contributed by atoms with van der Waals surface area (Å²) in [7, 11) is 0. The van der Waals surface area contributed by atoms with Crippen molar-refractivity contribution in [1.82, 2.24) is 10.5 Å². The first-order valence-corrected chi connectivity index (χ1v) is 8.90. The van der Waals surface area contributed by atoms with E-state index in [-0.39, 0.29) is 16.7 Å². The molecule has 2 fully saturated rings. The first-order valence-electron chi connectivity index (χ1n) is 8.53. The number of benzene rings is 1. The second-order valence-electron chi connectivity index (χ2n) is 6.97. The third-order valence-electron chi connectivity index (χ3n) is 5.29. The van der Waals surface area contributed by atoms with Crippen LogP contribution in [0.4, 0.5) is 5.82 Å². The molecule has 0 bridgehead atoms. The molecular weight excluding hydrogens is 342 g/mol. The van der Waals surface area contributed by atoms with Crippen LogP contribution in [0.2, 0.25) is 5.02 Å². The summed E-state index contributed by atoms with van der Waals surface area (Å²) in [5.74, 6) is -0.308. The number of aromatic nitrogens is 1. The molecule has 2 N–H and O–H groups in total. The van der Waals surface area contributed by atoms with Crippen molar-refractivity contribution in [2.45, 2.75) is 19.3 Å². The van der Waals surface area contributed by atoms with E-state index in [0.717, 1.165) is 39.0 Å². The maximum Gasteiger partial charge on any atom is 0.343 e. The van der Waals surface area contributed by atoms with Crippen molar-refractivity contribution in [1.29, 1.82) is 0 Å². The molecule has 2 saturated heterocycles. The zero-order chi connectivity index (χ0) is 17.4. The van der Waals surface area contributed by atoms with E-state index in [1.165, 1.54) is 6.42 Å². The van der Waals surface area contributed by atoms with Gasteiger partial charge in [-0.05, 0) is 50.1 Å². The van der Waals surface area contributed by atoms with Gasteiger partial charge in [0.25, 0.3) is 0 Å². The minimum atomic E-state index is -1.02. The van der Waals surface area contributed by atoms with Gasteiger partial charge in [-0.15, -0.1) is 0 Å². The Balaban J connectivity index is 1.70. The average molecular weight is 362 g/mol. The normalized spacial score (nSPS) is 23.3. The molecule has 2 aliphatic heterocycles. The first kappa shape index (κ1) is 16.4. The van der Waals surface area contributed by atoms with Gasteiger partial charge in [-0.1, -0.05) is 16.8 Å². The number of hydrogen-bond donors (Lipinski definition) is 2. The van der Waals surface area contributed by atoms with E-state index in [4.69, 9.17) is 16.1 Å². The molecule has 4 rings (SSSR count). The smallest absolute Gasteiger partial charge is 0.343 e. The van der Waals surface area contributed by atoms with Crippen LogP contribution in [-0.4, -0.2) is 42.4 Å². The van der Waals surface area contributed by atoms with Gasteiger partial charge in [-0.25, -0.2) is 4.79 Å². The summed E-state index contributed by atoms with van der Waals surface area (Å²) in [6.07, 6.45) is 3.32. The molecule has 3 heterocycles. The molecule has 1 aromatic carbocycles. The Kier molecular flexibility index (Phi) is 4.17. The predicted molar refractivity (Wildman–Crippen MR) is 95.3 cm³/mol. The zero-order valence-corrected chi connectivity index (χ0v) is 14.6. The Morgan fingerprint density at radius 3 is 2.80 bits per heavy atom. The topological polar surface area (TPSA) is 78.6 Å². The molecule has 1 atom stereocenters. The highest BCUT2D eigenvalue weighted by molar-refractivity contribution is 6.30. The molecule has 2 aliphatic rings. The molecule has 25 heavy (non-hydrogen) atoms. The number of nitrogens with one attached hydrogen (secondary N) is 1. The van der Waals surface area contributed by atoms with E-state index in [9.17, 15) is 9.90 Å². The van der Waals surface area contributed by atoms with Gasteiger partial charge in [0.15, 0.2) is 17.1 Å².